The Balaban J connectivity index is 2.20. The molecule has 0 atom stereocenters. The molecule has 101 valence electrons. The first-order chi connectivity index (χ1) is 8.86. The first-order valence-corrected chi connectivity index (χ1v) is 8.59. The van der Waals surface area contributed by atoms with Gasteiger partial charge in [0.05, 0.1) is 0 Å². The maximum absolute atomic E-state index is 5.67. The lowest BCUT2D eigenvalue weighted by Gasteiger charge is -2.30. The Bertz CT molecular complexity index is 292. The summed E-state index contributed by atoms with van der Waals surface area (Å²) in [6.07, 6.45) is 15.2. The minimum absolute atomic E-state index is 0.464. The van der Waals surface area contributed by atoms with E-state index in [0.29, 0.717) is 5.54 Å². The summed E-state index contributed by atoms with van der Waals surface area (Å²) in [5, 5.41) is 0. The molecular weight excluding hydrogens is 240 g/mol. The van der Waals surface area contributed by atoms with E-state index in [9.17, 15) is 0 Å². The monoisotopic (exact) mass is 265 g/mol. The van der Waals surface area contributed by atoms with Gasteiger partial charge in [-0.1, -0.05) is 23.3 Å². The van der Waals surface area contributed by atoms with Crippen molar-refractivity contribution in [3.8, 4) is 0 Å². The van der Waals surface area contributed by atoms with Crippen molar-refractivity contribution < 1.29 is 8.85 Å². The zero-order chi connectivity index (χ0) is 12.8. The van der Waals surface area contributed by atoms with Crippen LogP contribution in [0.15, 0.2) is 23.3 Å². The van der Waals surface area contributed by atoms with Gasteiger partial charge in [-0.2, -0.15) is 0 Å². The van der Waals surface area contributed by atoms with Crippen molar-refractivity contribution in [1.82, 2.24) is 0 Å². The SMILES string of the molecule is CO[Si](OC)C(C1=CCCCC1)C1=CCCCC1. The summed E-state index contributed by atoms with van der Waals surface area (Å²) >= 11 is 0. The fourth-order valence-corrected chi connectivity index (χ4v) is 4.88. The van der Waals surface area contributed by atoms with Crippen LogP contribution in [0.4, 0.5) is 0 Å². The summed E-state index contributed by atoms with van der Waals surface area (Å²) in [7, 11) is 2.41. The van der Waals surface area contributed by atoms with Gasteiger partial charge in [-0.05, 0) is 51.4 Å². The number of hydrogen-bond acceptors (Lipinski definition) is 2. The van der Waals surface area contributed by atoms with Gasteiger partial charge in [0.15, 0.2) is 0 Å². The number of hydrogen-bond donors (Lipinski definition) is 0. The maximum Gasteiger partial charge on any atom is 0.396 e. The van der Waals surface area contributed by atoms with Crippen LogP contribution in [0.25, 0.3) is 0 Å². The second kappa shape index (κ2) is 7.27. The molecule has 2 nitrogen and oxygen atoms in total. The Morgan fingerprint density at radius 2 is 1.39 bits per heavy atom. The summed E-state index contributed by atoms with van der Waals surface area (Å²) in [6.45, 7) is 0. The number of allylic oxidation sites excluding steroid dienone is 4. The first-order valence-electron chi connectivity index (χ1n) is 7.19. The molecule has 0 bridgehead atoms. The number of rotatable bonds is 5. The lowest BCUT2D eigenvalue weighted by atomic mass is 9.89. The third-order valence-corrected chi connectivity index (χ3v) is 6.05. The normalized spacial score (nSPS) is 21.1. The van der Waals surface area contributed by atoms with E-state index in [2.05, 4.69) is 12.2 Å². The Hall–Kier alpha value is -0.383. The predicted molar refractivity (Wildman–Crippen MR) is 76.6 cm³/mol. The average Bonchev–Trinajstić information content (AvgIpc) is 2.46. The first kappa shape index (κ1) is 14.0. The summed E-state index contributed by atoms with van der Waals surface area (Å²) in [4.78, 5) is 0. The van der Waals surface area contributed by atoms with E-state index in [-0.39, 0.29) is 0 Å². The molecule has 1 radical (unpaired) electrons. The molecule has 2 aliphatic carbocycles. The van der Waals surface area contributed by atoms with Crippen LogP contribution in [0, 0.1) is 0 Å². The van der Waals surface area contributed by atoms with Gasteiger partial charge >= 0.3 is 9.28 Å². The van der Waals surface area contributed by atoms with Gasteiger partial charge in [-0.25, -0.2) is 0 Å². The molecule has 2 aliphatic rings. The van der Waals surface area contributed by atoms with E-state index in [1.807, 2.05) is 0 Å². The van der Waals surface area contributed by atoms with E-state index < -0.39 is 9.28 Å². The largest absolute Gasteiger partial charge is 0.396 e. The van der Waals surface area contributed by atoms with Crippen LogP contribution < -0.4 is 0 Å². The van der Waals surface area contributed by atoms with E-state index in [1.54, 1.807) is 25.4 Å². The van der Waals surface area contributed by atoms with E-state index >= 15 is 0 Å². The van der Waals surface area contributed by atoms with Gasteiger partial charge in [-0.15, -0.1) is 0 Å². The van der Waals surface area contributed by atoms with Crippen molar-refractivity contribution in [1.29, 1.82) is 0 Å². The molecule has 0 spiro atoms. The molecule has 0 N–H and O–H groups in total. The van der Waals surface area contributed by atoms with Gasteiger partial charge in [-0.3, -0.25) is 0 Å². The van der Waals surface area contributed by atoms with Gasteiger partial charge in [0.2, 0.25) is 0 Å². The quantitative estimate of drug-likeness (QED) is 0.549. The van der Waals surface area contributed by atoms with Crippen LogP contribution in [-0.4, -0.2) is 23.5 Å². The molecule has 0 aromatic carbocycles. The summed E-state index contributed by atoms with van der Waals surface area (Å²) < 4.78 is 11.3. The Morgan fingerprint density at radius 1 is 0.889 bits per heavy atom. The fourth-order valence-electron chi connectivity index (χ4n) is 3.11. The minimum atomic E-state index is -1.20. The van der Waals surface area contributed by atoms with Gasteiger partial charge < -0.3 is 8.85 Å². The summed E-state index contributed by atoms with van der Waals surface area (Å²) in [5.41, 5.74) is 3.64. The third-order valence-electron chi connectivity index (χ3n) is 4.03. The van der Waals surface area contributed by atoms with Crippen molar-refractivity contribution in [2.45, 2.75) is 56.9 Å². The maximum atomic E-state index is 5.67. The van der Waals surface area contributed by atoms with Gasteiger partial charge in [0.1, 0.15) is 0 Å². The van der Waals surface area contributed by atoms with E-state index in [1.165, 1.54) is 51.4 Å². The summed E-state index contributed by atoms with van der Waals surface area (Å²) in [6, 6.07) is 0. The molecule has 0 saturated heterocycles. The topological polar surface area (TPSA) is 18.5 Å². The van der Waals surface area contributed by atoms with Crippen LogP contribution in [0.2, 0.25) is 5.54 Å². The molecule has 0 amide bonds. The second-order valence-corrected chi connectivity index (χ2v) is 7.24. The van der Waals surface area contributed by atoms with Crippen molar-refractivity contribution in [3.05, 3.63) is 23.3 Å². The molecule has 2 rings (SSSR count). The molecule has 3 heteroatoms. The average molecular weight is 265 g/mol. The smallest absolute Gasteiger partial charge is 0.396 e. The fraction of sp³-hybridized carbons (Fsp3) is 0.733. The lowest BCUT2D eigenvalue weighted by molar-refractivity contribution is 0.271. The molecule has 0 saturated carbocycles. The van der Waals surface area contributed by atoms with Crippen molar-refractivity contribution in [2.75, 3.05) is 14.2 Å². The van der Waals surface area contributed by atoms with E-state index in [0.717, 1.165) is 0 Å². The van der Waals surface area contributed by atoms with Crippen molar-refractivity contribution in [3.63, 3.8) is 0 Å². The zero-order valence-corrected chi connectivity index (χ0v) is 12.7. The van der Waals surface area contributed by atoms with E-state index in [4.69, 9.17) is 8.85 Å². The van der Waals surface area contributed by atoms with Crippen LogP contribution in [0.1, 0.15) is 51.4 Å². The molecule has 0 aromatic rings. The standard InChI is InChI=1S/C15H25O2Si/c1-16-18(17-2)15(13-9-5-3-6-10-13)14-11-7-4-8-12-14/h9,11,15H,3-8,10,12H2,1-2H3. The minimum Gasteiger partial charge on any atom is -0.396 e. The molecule has 18 heavy (non-hydrogen) atoms. The zero-order valence-electron chi connectivity index (χ0n) is 11.7. The highest BCUT2D eigenvalue weighted by atomic mass is 28.3. The molecule has 0 aromatic heterocycles. The Morgan fingerprint density at radius 3 is 1.72 bits per heavy atom. The Kier molecular flexibility index (Phi) is 5.67. The van der Waals surface area contributed by atoms with Gasteiger partial charge in [0, 0.05) is 19.8 Å². The van der Waals surface area contributed by atoms with Gasteiger partial charge in [0.25, 0.3) is 0 Å². The molecular formula is C15H25O2Si. The van der Waals surface area contributed by atoms with Crippen LogP contribution in [0.3, 0.4) is 0 Å². The molecule has 0 unspecified atom stereocenters. The van der Waals surface area contributed by atoms with Crippen molar-refractivity contribution in [2.24, 2.45) is 0 Å². The highest BCUT2D eigenvalue weighted by Crippen LogP contribution is 2.40. The van der Waals surface area contributed by atoms with Crippen LogP contribution >= 0.6 is 0 Å². The molecule has 0 aliphatic heterocycles. The predicted octanol–water partition coefficient (Wildman–Crippen LogP) is 4.14. The Labute approximate surface area is 113 Å². The lowest BCUT2D eigenvalue weighted by Crippen LogP contribution is -2.30. The van der Waals surface area contributed by atoms with Crippen molar-refractivity contribution >= 4 is 9.28 Å². The molecule has 0 heterocycles. The molecule has 0 fully saturated rings. The highest BCUT2D eigenvalue weighted by molar-refractivity contribution is 6.48. The van der Waals surface area contributed by atoms with Crippen LogP contribution in [-0.2, 0) is 8.85 Å². The van der Waals surface area contributed by atoms with Crippen LogP contribution in [0.5, 0.6) is 0 Å². The highest BCUT2D eigenvalue weighted by Gasteiger charge is 2.33. The third kappa shape index (κ3) is 3.34. The summed E-state index contributed by atoms with van der Waals surface area (Å²) in [5.74, 6) is 0. The second-order valence-electron chi connectivity index (χ2n) is 5.21.